The highest BCUT2D eigenvalue weighted by molar-refractivity contribution is 6.35. The Bertz CT molecular complexity index is 669. The lowest BCUT2D eigenvalue weighted by Crippen LogP contribution is -2.46. The van der Waals surface area contributed by atoms with Gasteiger partial charge in [-0.25, -0.2) is 0 Å². The fraction of sp³-hybridized carbons (Fsp3) is 0.300. The number of carbonyl (C=O) groups is 2. The van der Waals surface area contributed by atoms with Gasteiger partial charge in [0.15, 0.2) is 0 Å². The smallest absolute Gasteiger partial charge is 0.312 e. The number of hydrogen-bond acceptors (Lipinski definition) is 2. The van der Waals surface area contributed by atoms with E-state index in [1.165, 1.54) is 0 Å². The average molecular weight is 324 g/mol. The van der Waals surface area contributed by atoms with Crippen molar-refractivity contribution in [1.82, 2.24) is 10.2 Å². The summed E-state index contributed by atoms with van der Waals surface area (Å²) < 4.78 is 0. The number of nitrogens with zero attached hydrogens (tertiary/aromatic N) is 1. The van der Waals surface area contributed by atoms with Gasteiger partial charge in [0.25, 0.3) is 0 Å². The first-order chi connectivity index (χ1) is 11.5. The summed E-state index contributed by atoms with van der Waals surface area (Å²) in [4.78, 5) is 26.5. The van der Waals surface area contributed by atoms with Crippen LogP contribution < -0.4 is 5.32 Å². The zero-order valence-electron chi connectivity index (χ0n) is 14.4. The van der Waals surface area contributed by atoms with E-state index in [4.69, 9.17) is 0 Å². The molecule has 4 nitrogen and oxygen atoms in total. The van der Waals surface area contributed by atoms with Crippen LogP contribution in [0.15, 0.2) is 60.7 Å². The highest BCUT2D eigenvalue weighted by atomic mass is 16.2. The fourth-order valence-corrected chi connectivity index (χ4v) is 2.48. The SMILES string of the molecule is CC(NC(=O)C(=O)N(Cc1ccccc1)C(C)C)c1ccccc1. The summed E-state index contributed by atoms with van der Waals surface area (Å²) in [6, 6.07) is 19.0. The maximum absolute atomic E-state index is 12.6. The zero-order valence-corrected chi connectivity index (χ0v) is 14.4. The predicted octanol–water partition coefficient (Wildman–Crippen LogP) is 3.30. The van der Waals surface area contributed by atoms with Gasteiger partial charge in [0.05, 0.1) is 6.04 Å². The van der Waals surface area contributed by atoms with Crippen LogP contribution in [-0.2, 0) is 16.1 Å². The molecule has 4 heteroatoms. The van der Waals surface area contributed by atoms with Crippen molar-refractivity contribution in [2.45, 2.75) is 39.4 Å². The molecule has 24 heavy (non-hydrogen) atoms. The molecule has 0 spiro atoms. The topological polar surface area (TPSA) is 49.4 Å². The highest BCUT2D eigenvalue weighted by Crippen LogP contribution is 2.13. The van der Waals surface area contributed by atoms with E-state index in [0.29, 0.717) is 6.54 Å². The van der Waals surface area contributed by atoms with Gasteiger partial charge in [-0.3, -0.25) is 9.59 Å². The van der Waals surface area contributed by atoms with Crippen LogP contribution in [-0.4, -0.2) is 22.8 Å². The van der Waals surface area contributed by atoms with Gasteiger partial charge in [-0.15, -0.1) is 0 Å². The molecule has 0 aliphatic rings. The molecule has 1 atom stereocenters. The Hall–Kier alpha value is -2.62. The largest absolute Gasteiger partial charge is 0.341 e. The lowest BCUT2D eigenvalue weighted by Gasteiger charge is -2.27. The van der Waals surface area contributed by atoms with Crippen molar-refractivity contribution in [2.24, 2.45) is 0 Å². The lowest BCUT2D eigenvalue weighted by atomic mass is 10.1. The molecular formula is C20H24N2O2. The van der Waals surface area contributed by atoms with Crippen LogP contribution in [0.2, 0.25) is 0 Å². The molecular weight excluding hydrogens is 300 g/mol. The molecule has 2 aromatic carbocycles. The predicted molar refractivity (Wildman–Crippen MR) is 95.1 cm³/mol. The third kappa shape index (κ3) is 4.69. The summed E-state index contributed by atoms with van der Waals surface area (Å²) >= 11 is 0. The maximum atomic E-state index is 12.6. The first-order valence-corrected chi connectivity index (χ1v) is 8.19. The fourth-order valence-electron chi connectivity index (χ4n) is 2.48. The third-order valence-corrected chi connectivity index (χ3v) is 3.92. The zero-order chi connectivity index (χ0) is 17.5. The molecule has 0 bridgehead atoms. The van der Waals surface area contributed by atoms with Gasteiger partial charge in [0.2, 0.25) is 0 Å². The summed E-state index contributed by atoms with van der Waals surface area (Å²) in [6.07, 6.45) is 0. The van der Waals surface area contributed by atoms with Crippen molar-refractivity contribution in [3.8, 4) is 0 Å². The molecule has 0 aromatic heterocycles. The Kier molecular flexibility index (Phi) is 6.13. The molecule has 126 valence electrons. The molecule has 0 fully saturated rings. The molecule has 1 unspecified atom stereocenters. The second kappa shape index (κ2) is 8.29. The Labute approximate surface area is 143 Å². The summed E-state index contributed by atoms with van der Waals surface area (Å²) in [7, 11) is 0. The number of amides is 2. The molecule has 1 N–H and O–H groups in total. The number of rotatable bonds is 5. The van der Waals surface area contributed by atoms with Crippen molar-refractivity contribution in [1.29, 1.82) is 0 Å². The maximum Gasteiger partial charge on any atom is 0.312 e. The van der Waals surface area contributed by atoms with Crippen LogP contribution in [0.5, 0.6) is 0 Å². The Balaban J connectivity index is 2.04. The standard InChI is InChI=1S/C20H24N2O2/c1-15(2)22(14-17-10-6-4-7-11-17)20(24)19(23)21-16(3)18-12-8-5-9-13-18/h4-13,15-16H,14H2,1-3H3,(H,21,23). The van der Waals surface area contributed by atoms with E-state index in [1.807, 2.05) is 81.4 Å². The van der Waals surface area contributed by atoms with Gasteiger partial charge in [-0.1, -0.05) is 60.7 Å². The monoisotopic (exact) mass is 324 g/mol. The summed E-state index contributed by atoms with van der Waals surface area (Å²) in [5.74, 6) is -1.08. The molecule has 2 rings (SSSR count). The van der Waals surface area contributed by atoms with Gasteiger partial charge in [0.1, 0.15) is 0 Å². The van der Waals surface area contributed by atoms with E-state index in [0.717, 1.165) is 11.1 Å². The first-order valence-electron chi connectivity index (χ1n) is 8.19. The highest BCUT2D eigenvalue weighted by Gasteiger charge is 2.25. The number of carbonyl (C=O) groups excluding carboxylic acids is 2. The first kappa shape index (κ1) is 17.7. The molecule has 2 amide bonds. The molecule has 0 radical (unpaired) electrons. The Morgan fingerprint density at radius 1 is 0.917 bits per heavy atom. The Morgan fingerprint density at radius 2 is 1.46 bits per heavy atom. The second-order valence-electron chi connectivity index (χ2n) is 6.12. The van der Waals surface area contributed by atoms with Crippen LogP contribution >= 0.6 is 0 Å². The average Bonchev–Trinajstić information content (AvgIpc) is 2.60. The van der Waals surface area contributed by atoms with Crippen LogP contribution in [0.25, 0.3) is 0 Å². The minimum Gasteiger partial charge on any atom is -0.341 e. The molecule has 0 saturated carbocycles. The summed E-state index contributed by atoms with van der Waals surface area (Å²) in [6.45, 7) is 6.12. The minimum absolute atomic E-state index is 0.0597. The van der Waals surface area contributed by atoms with Gasteiger partial charge in [0, 0.05) is 12.6 Å². The van der Waals surface area contributed by atoms with Crippen molar-refractivity contribution >= 4 is 11.8 Å². The van der Waals surface area contributed by atoms with Gasteiger partial charge >= 0.3 is 11.8 Å². The quantitative estimate of drug-likeness (QED) is 0.858. The molecule has 0 saturated heterocycles. The van der Waals surface area contributed by atoms with Gasteiger partial charge in [-0.2, -0.15) is 0 Å². The number of nitrogens with one attached hydrogen (secondary N) is 1. The van der Waals surface area contributed by atoms with Crippen LogP contribution in [0, 0.1) is 0 Å². The van der Waals surface area contributed by atoms with E-state index in [1.54, 1.807) is 4.90 Å². The van der Waals surface area contributed by atoms with Crippen LogP contribution in [0.4, 0.5) is 0 Å². The van der Waals surface area contributed by atoms with Crippen LogP contribution in [0.3, 0.4) is 0 Å². The van der Waals surface area contributed by atoms with E-state index >= 15 is 0 Å². The van der Waals surface area contributed by atoms with E-state index in [2.05, 4.69) is 5.32 Å². The van der Waals surface area contributed by atoms with E-state index in [9.17, 15) is 9.59 Å². The Morgan fingerprint density at radius 3 is 2.00 bits per heavy atom. The van der Waals surface area contributed by atoms with E-state index < -0.39 is 11.8 Å². The van der Waals surface area contributed by atoms with Crippen molar-refractivity contribution in [2.75, 3.05) is 0 Å². The van der Waals surface area contributed by atoms with Crippen molar-refractivity contribution in [3.05, 3.63) is 71.8 Å². The third-order valence-electron chi connectivity index (χ3n) is 3.92. The van der Waals surface area contributed by atoms with Crippen LogP contribution in [0.1, 0.15) is 37.9 Å². The van der Waals surface area contributed by atoms with Crippen molar-refractivity contribution < 1.29 is 9.59 Å². The van der Waals surface area contributed by atoms with Gasteiger partial charge in [-0.05, 0) is 31.9 Å². The normalized spacial score (nSPS) is 11.8. The molecule has 0 heterocycles. The van der Waals surface area contributed by atoms with Crippen molar-refractivity contribution in [3.63, 3.8) is 0 Å². The number of hydrogen-bond donors (Lipinski definition) is 1. The second-order valence-corrected chi connectivity index (χ2v) is 6.12. The van der Waals surface area contributed by atoms with E-state index in [-0.39, 0.29) is 12.1 Å². The molecule has 0 aliphatic carbocycles. The summed E-state index contributed by atoms with van der Waals surface area (Å²) in [5.41, 5.74) is 1.97. The van der Waals surface area contributed by atoms with Gasteiger partial charge < -0.3 is 10.2 Å². The summed E-state index contributed by atoms with van der Waals surface area (Å²) in [5, 5.41) is 2.79. The molecule has 2 aromatic rings. The molecule has 0 aliphatic heterocycles. The number of benzene rings is 2. The lowest BCUT2D eigenvalue weighted by molar-refractivity contribution is -0.147. The minimum atomic E-state index is -0.573.